The fourth-order valence-electron chi connectivity index (χ4n) is 5.04. The normalized spacial score (nSPS) is 22.1. The molecule has 2 heterocycles. The molecule has 2 aliphatic rings. The summed E-state index contributed by atoms with van der Waals surface area (Å²) in [5, 5.41) is 4.04. The molecule has 7 heteroatoms. The van der Waals surface area contributed by atoms with Gasteiger partial charge in [-0.05, 0) is 62.0 Å². The number of nitrogens with one attached hydrogen (secondary N) is 1. The molecule has 0 spiro atoms. The summed E-state index contributed by atoms with van der Waals surface area (Å²) in [4.78, 5) is 40.7. The third-order valence-electron chi connectivity index (χ3n) is 6.59. The molecule has 1 aromatic heterocycles. The predicted octanol–water partition coefficient (Wildman–Crippen LogP) is 4.29. The van der Waals surface area contributed by atoms with Crippen molar-refractivity contribution >= 4 is 46.1 Å². The summed E-state index contributed by atoms with van der Waals surface area (Å²) in [6, 6.07) is 7.16. The number of aryl methyl sites for hydroxylation is 1. The van der Waals surface area contributed by atoms with Gasteiger partial charge in [0.05, 0.1) is 11.8 Å². The lowest BCUT2D eigenvalue weighted by Gasteiger charge is -2.26. The Morgan fingerprint density at radius 3 is 2.52 bits per heavy atom. The lowest BCUT2D eigenvalue weighted by Crippen LogP contribution is -2.48. The van der Waals surface area contributed by atoms with Crippen LogP contribution in [0.15, 0.2) is 30.5 Å². The maximum absolute atomic E-state index is 13.3. The van der Waals surface area contributed by atoms with Gasteiger partial charge in [0.25, 0.3) is 0 Å². The summed E-state index contributed by atoms with van der Waals surface area (Å²) >= 11 is 1.62. The van der Waals surface area contributed by atoms with Crippen LogP contribution in [0, 0.1) is 11.8 Å². The molecule has 1 saturated carbocycles. The van der Waals surface area contributed by atoms with Gasteiger partial charge < -0.3 is 9.88 Å². The molecule has 3 unspecified atom stereocenters. The molecule has 1 aliphatic carbocycles. The number of fused-ring (bicyclic) bond motifs is 2. The molecule has 2 fully saturated rings. The van der Waals surface area contributed by atoms with Crippen molar-refractivity contribution in [3.05, 3.63) is 30.5 Å². The zero-order valence-corrected chi connectivity index (χ0v) is 19.1. The van der Waals surface area contributed by atoms with Crippen LogP contribution in [0.25, 0.3) is 10.9 Å². The Morgan fingerprint density at radius 1 is 1.16 bits per heavy atom. The molecule has 1 aromatic carbocycles. The van der Waals surface area contributed by atoms with Gasteiger partial charge in [0.15, 0.2) is 0 Å². The summed E-state index contributed by atoms with van der Waals surface area (Å²) < 4.78 is 2.20. The number of hydrogen-bond acceptors (Lipinski definition) is 4. The number of hydrogen-bond donors (Lipinski definition) is 1. The Morgan fingerprint density at radius 2 is 1.87 bits per heavy atom. The van der Waals surface area contributed by atoms with E-state index >= 15 is 0 Å². The molecule has 0 bridgehead atoms. The van der Waals surface area contributed by atoms with Gasteiger partial charge in [-0.3, -0.25) is 19.3 Å². The number of imide groups is 1. The minimum absolute atomic E-state index is 0.150. The highest BCUT2D eigenvalue weighted by molar-refractivity contribution is 7.98. The average Bonchev–Trinajstić information content (AvgIpc) is 3.28. The molecule has 31 heavy (non-hydrogen) atoms. The van der Waals surface area contributed by atoms with Crippen molar-refractivity contribution in [1.82, 2.24) is 9.47 Å². The van der Waals surface area contributed by atoms with Crippen LogP contribution in [-0.4, -0.2) is 45.2 Å². The van der Waals surface area contributed by atoms with Crippen LogP contribution < -0.4 is 5.32 Å². The molecule has 1 aliphatic heterocycles. The quantitative estimate of drug-likeness (QED) is 0.621. The number of benzene rings is 1. The van der Waals surface area contributed by atoms with E-state index in [9.17, 15) is 14.4 Å². The van der Waals surface area contributed by atoms with Crippen LogP contribution in [0.5, 0.6) is 0 Å². The summed E-state index contributed by atoms with van der Waals surface area (Å²) in [5.74, 6) is -0.336. The van der Waals surface area contributed by atoms with Gasteiger partial charge in [-0.15, -0.1) is 0 Å². The van der Waals surface area contributed by atoms with Gasteiger partial charge in [-0.25, -0.2) is 0 Å². The largest absolute Gasteiger partial charge is 0.347 e. The topological polar surface area (TPSA) is 71.4 Å². The molecular weight excluding hydrogens is 410 g/mol. The first-order valence-electron chi connectivity index (χ1n) is 11.3. The molecule has 6 nitrogen and oxygen atoms in total. The van der Waals surface area contributed by atoms with E-state index in [1.54, 1.807) is 11.8 Å². The first kappa shape index (κ1) is 21.9. The Kier molecular flexibility index (Phi) is 6.70. The third kappa shape index (κ3) is 4.25. The highest BCUT2D eigenvalue weighted by atomic mass is 32.2. The molecule has 3 amide bonds. The van der Waals surface area contributed by atoms with E-state index in [2.05, 4.69) is 23.0 Å². The van der Waals surface area contributed by atoms with Crippen molar-refractivity contribution in [3.8, 4) is 0 Å². The number of rotatable bonds is 8. The highest BCUT2D eigenvalue weighted by Crippen LogP contribution is 2.39. The second kappa shape index (κ2) is 9.47. The maximum atomic E-state index is 13.3. The average molecular weight is 442 g/mol. The number of amides is 3. The van der Waals surface area contributed by atoms with Crippen LogP contribution in [-0.2, 0) is 20.9 Å². The first-order chi connectivity index (χ1) is 15.0. The monoisotopic (exact) mass is 441 g/mol. The van der Waals surface area contributed by atoms with Gasteiger partial charge in [0.2, 0.25) is 17.7 Å². The van der Waals surface area contributed by atoms with Crippen LogP contribution >= 0.6 is 11.8 Å². The minimum atomic E-state index is -0.751. The van der Waals surface area contributed by atoms with Crippen LogP contribution in [0.1, 0.15) is 45.4 Å². The fraction of sp³-hybridized carbons (Fsp3) is 0.542. The maximum Gasteiger partial charge on any atom is 0.247 e. The molecule has 166 valence electrons. The lowest BCUT2D eigenvalue weighted by molar-refractivity contribution is -0.146. The molecule has 0 radical (unpaired) electrons. The Balaban J connectivity index is 1.55. The van der Waals surface area contributed by atoms with Crippen molar-refractivity contribution in [1.29, 1.82) is 0 Å². The van der Waals surface area contributed by atoms with Gasteiger partial charge in [0.1, 0.15) is 6.04 Å². The van der Waals surface area contributed by atoms with Crippen molar-refractivity contribution in [2.45, 2.75) is 58.0 Å². The first-order valence-corrected chi connectivity index (χ1v) is 12.7. The smallest absolute Gasteiger partial charge is 0.247 e. The van der Waals surface area contributed by atoms with Crippen molar-refractivity contribution in [3.63, 3.8) is 0 Å². The zero-order valence-electron chi connectivity index (χ0n) is 18.3. The molecular formula is C24H31N3O3S. The SMILES string of the molecule is CCCn1ccc2cc(NC(=O)C(CCSC)N3C(=O)C4CCCCC4C3=O)ccc21. The second-order valence-electron chi connectivity index (χ2n) is 8.61. The van der Waals surface area contributed by atoms with Crippen LogP contribution in [0.3, 0.4) is 0 Å². The number of carbonyl (C=O) groups is 3. The minimum Gasteiger partial charge on any atom is -0.347 e. The highest BCUT2D eigenvalue weighted by Gasteiger charge is 2.51. The molecule has 4 rings (SSSR count). The van der Waals surface area contributed by atoms with E-state index in [0.29, 0.717) is 17.9 Å². The number of aromatic nitrogens is 1. The van der Waals surface area contributed by atoms with E-state index in [-0.39, 0.29) is 29.6 Å². The third-order valence-corrected chi connectivity index (χ3v) is 7.23. The molecule has 2 aromatic rings. The summed E-state index contributed by atoms with van der Waals surface area (Å²) in [6.07, 6.45) is 9.03. The second-order valence-corrected chi connectivity index (χ2v) is 9.60. The standard InChI is InChI=1S/C24H31N3O3S/c1-3-12-26-13-10-16-15-17(8-9-20(16)26)25-22(28)21(11-14-31-2)27-23(29)18-6-4-5-7-19(18)24(27)30/h8-10,13,15,18-19,21H,3-7,11-12,14H2,1-2H3,(H,25,28). The van der Waals surface area contributed by atoms with Gasteiger partial charge >= 0.3 is 0 Å². The molecule has 1 saturated heterocycles. The molecule has 3 atom stereocenters. The summed E-state index contributed by atoms with van der Waals surface area (Å²) in [7, 11) is 0. The predicted molar refractivity (Wildman–Crippen MR) is 125 cm³/mol. The molecule has 1 N–H and O–H groups in total. The van der Waals surface area contributed by atoms with E-state index in [4.69, 9.17) is 0 Å². The Hall–Kier alpha value is -2.28. The number of likely N-dealkylation sites (tertiary alicyclic amines) is 1. The van der Waals surface area contributed by atoms with Gasteiger partial charge in [0, 0.05) is 29.3 Å². The van der Waals surface area contributed by atoms with Crippen molar-refractivity contribution < 1.29 is 14.4 Å². The van der Waals surface area contributed by atoms with Crippen molar-refractivity contribution in [2.75, 3.05) is 17.3 Å². The summed E-state index contributed by atoms with van der Waals surface area (Å²) in [6.45, 7) is 3.10. The van der Waals surface area contributed by atoms with Crippen LogP contribution in [0.2, 0.25) is 0 Å². The number of anilines is 1. The number of nitrogens with zero attached hydrogens (tertiary/aromatic N) is 2. The van der Waals surface area contributed by atoms with Crippen molar-refractivity contribution in [2.24, 2.45) is 11.8 Å². The fourth-order valence-corrected chi connectivity index (χ4v) is 5.50. The Bertz CT molecular complexity index is 962. The van der Waals surface area contributed by atoms with Gasteiger partial charge in [-0.2, -0.15) is 11.8 Å². The van der Waals surface area contributed by atoms with E-state index in [1.165, 1.54) is 4.90 Å². The van der Waals surface area contributed by atoms with E-state index < -0.39 is 6.04 Å². The van der Waals surface area contributed by atoms with Crippen LogP contribution in [0.4, 0.5) is 5.69 Å². The number of thioether (sulfide) groups is 1. The zero-order chi connectivity index (χ0) is 22.0. The lowest BCUT2D eigenvalue weighted by atomic mass is 9.81. The van der Waals surface area contributed by atoms with E-state index in [0.717, 1.165) is 49.6 Å². The van der Waals surface area contributed by atoms with E-state index in [1.807, 2.05) is 30.5 Å². The number of carbonyl (C=O) groups excluding carboxylic acids is 3. The summed E-state index contributed by atoms with van der Waals surface area (Å²) in [5.41, 5.74) is 1.82. The van der Waals surface area contributed by atoms with Gasteiger partial charge in [-0.1, -0.05) is 19.8 Å². The Labute approximate surface area is 187 Å².